The van der Waals surface area contributed by atoms with Gasteiger partial charge in [-0.15, -0.1) is 13.0 Å². The van der Waals surface area contributed by atoms with Gasteiger partial charge in [-0.2, -0.15) is 0 Å². The third-order valence-electron chi connectivity index (χ3n) is 0.520. The quantitative estimate of drug-likeness (QED) is 0.682. The molecule has 0 saturated heterocycles. The molecule has 1 unspecified atom stereocenters. The van der Waals surface area contributed by atoms with Crippen LogP contribution in [0.4, 0.5) is 0 Å². The van der Waals surface area contributed by atoms with Crippen molar-refractivity contribution in [1.82, 2.24) is 0 Å². The molecule has 0 aromatic carbocycles. The molecule has 1 N–H and O–H groups in total. The molecule has 0 aromatic heterocycles. The molecule has 7 heavy (non-hydrogen) atoms. The first-order valence-electron chi connectivity index (χ1n) is 2.09. The predicted octanol–water partition coefficient (Wildman–Crippen LogP) is 1.85. The molecule has 2 heteroatoms. The molecule has 0 spiro atoms. The molecule has 0 radical (unpaired) electrons. The van der Waals surface area contributed by atoms with E-state index in [0.29, 0.717) is 0 Å². The average Bonchev–Trinajstić information content (AvgIpc) is 1.35. The van der Waals surface area contributed by atoms with Crippen molar-refractivity contribution in [3.05, 3.63) is 19.1 Å². The van der Waals surface area contributed by atoms with Gasteiger partial charge in [-0.25, -0.2) is 0 Å². The van der Waals surface area contributed by atoms with Gasteiger partial charge in [-0.05, 0) is 0 Å². The summed E-state index contributed by atoms with van der Waals surface area (Å²) in [5.41, 5.74) is 6.91. The van der Waals surface area contributed by atoms with Gasteiger partial charge in [0.05, 0.1) is 0 Å². The zero-order valence-electron chi connectivity index (χ0n) is 4.48. The topological polar surface area (TPSA) is 23.8 Å². The van der Waals surface area contributed by atoms with Crippen molar-refractivity contribution in [1.29, 1.82) is 0 Å². The Hall–Kier alpha value is 0.518. The van der Waals surface area contributed by atoms with E-state index in [1.165, 1.54) is 0 Å². The van der Waals surface area contributed by atoms with E-state index in [1.54, 1.807) is 6.42 Å². The molecule has 0 heterocycles. The van der Waals surface area contributed by atoms with Gasteiger partial charge >= 0.3 is 0 Å². The summed E-state index contributed by atoms with van der Waals surface area (Å²) in [6.45, 7) is 5.33. The molecule has 0 aliphatic heterocycles. The molecule has 0 aromatic rings. The molecular weight excluding hydrogens is 258 g/mol. The van der Waals surface area contributed by atoms with Crippen molar-refractivity contribution in [2.24, 2.45) is 0 Å². The van der Waals surface area contributed by atoms with Crippen LogP contribution in [0.3, 0.4) is 0 Å². The van der Waals surface area contributed by atoms with Crippen LogP contribution in [-0.2, 0) is 21.1 Å². The van der Waals surface area contributed by atoms with Gasteiger partial charge < -0.3 is 5.73 Å². The summed E-state index contributed by atoms with van der Waals surface area (Å²) in [5, 5.41) is 0. The Morgan fingerprint density at radius 2 is 2.29 bits per heavy atom. The normalized spacial score (nSPS) is 11.9. The van der Waals surface area contributed by atoms with Gasteiger partial charge in [-0.3, -0.25) is 0 Å². The smallest absolute Gasteiger partial charge is 0.0405 e. The first kappa shape index (κ1) is 10.5. The Labute approximate surface area is 59.9 Å². The number of hydrogen-bond acceptors (Lipinski definition) is 0. The Morgan fingerprint density at radius 3 is 2.29 bits per heavy atom. The van der Waals surface area contributed by atoms with E-state index >= 15 is 0 Å². The Balaban J connectivity index is 0. The van der Waals surface area contributed by atoms with E-state index in [1.807, 2.05) is 6.92 Å². The van der Waals surface area contributed by atoms with Gasteiger partial charge in [0.25, 0.3) is 0 Å². The second-order valence-electron chi connectivity index (χ2n) is 1.43. The summed E-state index contributed by atoms with van der Waals surface area (Å²) < 4.78 is 0. The van der Waals surface area contributed by atoms with E-state index < -0.39 is 0 Å². The predicted molar refractivity (Wildman–Crippen MR) is 28.1 cm³/mol. The van der Waals surface area contributed by atoms with Crippen molar-refractivity contribution < 1.29 is 21.1 Å². The zero-order valence-corrected chi connectivity index (χ0v) is 7.41. The Kier molecular flexibility index (Phi) is 9.77. The summed E-state index contributed by atoms with van der Waals surface area (Å²) in [4.78, 5) is 0. The minimum Gasteiger partial charge on any atom is -0.672 e. The molecule has 0 fully saturated rings. The van der Waals surface area contributed by atoms with Crippen LogP contribution in [0.25, 0.3) is 5.73 Å². The Morgan fingerprint density at radius 1 is 1.86 bits per heavy atom. The molecule has 42 valence electrons. The maximum absolute atomic E-state index is 6.91. The molecule has 0 rings (SSSR count). The van der Waals surface area contributed by atoms with Crippen molar-refractivity contribution in [2.75, 3.05) is 0 Å². The van der Waals surface area contributed by atoms with Gasteiger partial charge in [-0.1, -0.05) is 13.3 Å². The van der Waals surface area contributed by atoms with Crippen molar-refractivity contribution >= 4 is 0 Å². The molecule has 0 bridgehead atoms. The first-order valence-corrected chi connectivity index (χ1v) is 2.09. The number of nitrogens with one attached hydrogen (secondary N) is 1. The van der Waals surface area contributed by atoms with Crippen LogP contribution in [0.2, 0.25) is 0 Å². The minimum absolute atomic E-state index is 0. The van der Waals surface area contributed by atoms with Gasteiger partial charge in [0.15, 0.2) is 0 Å². The monoisotopic (exact) mass is 268 g/mol. The minimum atomic E-state index is 0. The SMILES string of the molecule is [CH2-][CH+]CC(C)[NH-].[W]. The summed E-state index contributed by atoms with van der Waals surface area (Å²) in [7, 11) is 0. The third kappa shape index (κ3) is 10.8. The molecule has 0 aliphatic carbocycles. The maximum atomic E-state index is 6.91. The van der Waals surface area contributed by atoms with Gasteiger partial charge in [0, 0.05) is 27.5 Å². The van der Waals surface area contributed by atoms with Crippen molar-refractivity contribution in [3.63, 3.8) is 0 Å². The van der Waals surface area contributed by atoms with E-state index in [2.05, 4.69) is 6.92 Å². The van der Waals surface area contributed by atoms with Gasteiger partial charge in [0.2, 0.25) is 0 Å². The summed E-state index contributed by atoms with van der Waals surface area (Å²) >= 11 is 0. The molecule has 0 amide bonds. The summed E-state index contributed by atoms with van der Waals surface area (Å²) in [6.07, 6.45) is 2.57. The average molecular weight is 268 g/mol. The van der Waals surface area contributed by atoms with E-state index in [4.69, 9.17) is 5.73 Å². The summed E-state index contributed by atoms with van der Waals surface area (Å²) in [6, 6.07) is 0.0301. The standard InChI is InChI=1S/C5H10N.W/c1-3-4-5(2)6;/h3,5-6H,1,4H2,2H3;/q-1;. The zero-order chi connectivity index (χ0) is 4.99. The van der Waals surface area contributed by atoms with Crippen LogP contribution >= 0.6 is 0 Å². The van der Waals surface area contributed by atoms with Crippen LogP contribution in [0.15, 0.2) is 0 Å². The van der Waals surface area contributed by atoms with Crippen molar-refractivity contribution in [3.8, 4) is 0 Å². The fourth-order valence-corrected chi connectivity index (χ4v) is 0.250. The number of hydrogen-bond donors (Lipinski definition) is 0. The molecule has 0 aliphatic rings. The number of rotatable bonds is 2. The van der Waals surface area contributed by atoms with Crippen LogP contribution in [0.5, 0.6) is 0 Å². The second-order valence-corrected chi connectivity index (χ2v) is 1.43. The van der Waals surface area contributed by atoms with Crippen LogP contribution in [0, 0.1) is 13.3 Å². The van der Waals surface area contributed by atoms with Gasteiger partial charge in [0.1, 0.15) is 0 Å². The van der Waals surface area contributed by atoms with Crippen molar-refractivity contribution in [2.45, 2.75) is 19.4 Å². The first-order chi connectivity index (χ1) is 2.77. The van der Waals surface area contributed by atoms with Crippen LogP contribution in [-0.4, -0.2) is 6.04 Å². The second kappa shape index (κ2) is 6.52. The Bertz CT molecular complexity index is 29.3. The molecule has 1 atom stereocenters. The largest absolute Gasteiger partial charge is 0.672 e. The molecule has 1 nitrogen and oxygen atoms in total. The van der Waals surface area contributed by atoms with E-state index in [0.717, 1.165) is 6.42 Å². The summed E-state index contributed by atoms with van der Waals surface area (Å²) in [5.74, 6) is 0. The van der Waals surface area contributed by atoms with E-state index in [9.17, 15) is 0 Å². The van der Waals surface area contributed by atoms with E-state index in [-0.39, 0.29) is 27.1 Å². The maximum Gasteiger partial charge on any atom is 0.0405 e. The van der Waals surface area contributed by atoms with Crippen LogP contribution in [0.1, 0.15) is 13.3 Å². The molecular formula is C5H10NW-. The fourth-order valence-electron chi connectivity index (χ4n) is 0.250. The third-order valence-corrected chi connectivity index (χ3v) is 0.520. The van der Waals surface area contributed by atoms with Crippen LogP contribution < -0.4 is 0 Å². The fraction of sp³-hybridized carbons (Fsp3) is 0.600. The molecule has 0 saturated carbocycles.